The van der Waals surface area contributed by atoms with Gasteiger partial charge in [0.05, 0.1) is 6.54 Å². The third kappa shape index (κ3) is 3.80. The molecule has 1 heterocycles. The van der Waals surface area contributed by atoms with Crippen LogP contribution in [0.2, 0.25) is 0 Å². The van der Waals surface area contributed by atoms with E-state index in [4.69, 9.17) is 0 Å². The molecule has 1 aromatic heterocycles. The maximum atomic E-state index is 4.25. The number of hydrogen-bond acceptors (Lipinski definition) is 3. The minimum absolute atomic E-state index is 0.846. The van der Waals surface area contributed by atoms with Gasteiger partial charge in [-0.1, -0.05) is 25.7 Å². The lowest BCUT2D eigenvalue weighted by atomic mass is 10.0. The molecular formula is C13H24N4. The molecule has 0 aromatic carbocycles. The van der Waals surface area contributed by atoms with E-state index in [0.717, 1.165) is 31.4 Å². The zero-order valence-electron chi connectivity index (χ0n) is 10.9. The lowest BCUT2D eigenvalue weighted by Crippen LogP contribution is -2.19. The van der Waals surface area contributed by atoms with Gasteiger partial charge in [0, 0.05) is 6.54 Å². The summed E-state index contributed by atoms with van der Waals surface area (Å²) in [4.78, 5) is 4.25. The molecule has 1 fully saturated rings. The molecule has 1 aliphatic rings. The SMILES string of the molecule is CCn1ncnc1CNCCCC1CCCC1. The van der Waals surface area contributed by atoms with Crippen LogP contribution in [-0.4, -0.2) is 21.3 Å². The number of aromatic nitrogens is 3. The molecule has 0 spiro atoms. The molecule has 4 nitrogen and oxygen atoms in total. The quantitative estimate of drug-likeness (QED) is 0.739. The number of rotatable bonds is 7. The Hall–Kier alpha value is -0.900. The first-order valence-corrected chi connectivity index (χ1v) is 6.97. The molecule has 1 saturated carbocycles. The van der Waals surface area contributed by atoms with Crippen molar-refractivity contribution in [2.45, 2.75) is 58.5 Å². The van der Waals surface area contributed by atoms with Crippen molar-refractivity contribution >= 4 is 0 Å². The third-order valence-corrected chi connectivity index (χ3v) is 3.72. The van der Waals surface area contributed by atoms with Crippen LogP contribution in [0.15, 0.2) is 6.33 Å². The van der Waals surface area contributed by atoms with Crippen molar-refractivity contribution in [1.29, 1.82) is 0 Å². The molecule has 96 valence electrons. The predicted octanol–water partition coefficient (Wildman–Crippen LogP) is 2.36. The fourth-order valence-corrected chi connectivity index (χ4v) is 2.70. The van der Waals surface area contributed by atoms with Crippen molar-refractivity contribution < 1.29 is 0 Å². The summed E-state index contributed by atoms with van der Waals surface area (Å²) in [5.74, 6) is 2.06. The van der Waals surface area contributed by atoms with Gasteiger partial charge in [0.25, 0.3) is 0 Å². The Morgan fingerprint density at radius 1 is 1.41 bits per heavy atom. The van der Waals surface area contributed by atoms with E-state index >= 15 is 0 Å². The van der Waals surface area contributed by atoms with Gasteiger partial charge in [-0.3, -0.25) is 0 Å². The van der Waals surface area contributed by atoms with Crippen LogP contribution in [0.4, 0.5) is 0 Å². The molecule has 0 unspecified atom stereocenters. The van der Waals surface area contributed by atoms with Gasteiger partial charge in [0.1, 0.15) is 12.2 Å². The lowest BCUT2D eigenvalue weighted by molar-refractivity contribution is 0.465. The fraction of sp³-hybridized carbons (Fsp3) is 0.846. The highest BCUT2D eigenvalue weighted by Crippen LogP contribution is 2.28. The van der Waals surface area contributed by atoms with Gasteiger partial charge in [-0.15, -0.1) is 0 Å². The number of nitrogens with zero attached hydrogens (tertiary/aromatic N) is 3. The summed E-state index contributed by atoms with van der Waals surface area (Å²) in [5.41, 5.74) is 0. The van der Waals surface area contributed by atoms with Gasteiger partial charge in [-0.05, 0) is 32.2 Å². The molecule has 17 heavy (non-hydrogen) atoms. The maximum absolute atomic E-state index is 4.25. The Morgan fingerprint density at radius 3 is 3.00 bits per heavy atom. The molecule has 1 aromatic rings. The van der Waals surface area contributed by atoms with Crippen LogP contribution in [0.3, 0.4) is 0 Å². The van der Waals surface area contributed by atoms with E-state index in [1.54, 1.807) is 6.33 Å². The van der Waals surface area contributed by atoms with Crippen LogP contribution in [0, 0.1) is 5.92 Å². The first-order chi connectivity index (χ1) is 8.40. The minimum atomic E-state index is 0.846. The minimum Gasteiger partial charge on any atom is -0.310 e. The summed E-state index contributed by atoms with van der Waals surface area (Å²) in [6, 6.07) is 0. The van der Waals surface area contributed by atoms with E-state index in [-0.39, 0.29) is 0 Å². The fourth-order valence-electron chi connectivity index (χ4n) is 2.70. The zero-order valence-corrected chi connectivity index (χ0v) is 10.9. The van der Waals surface area contributed by atoms with Crippen LogP contribution in [0.1, 0.15) is 51.3 Å². The number of nitrogens with one attached hydrogen (secondary N) is 1. The second kappa shape index (κ2) is 6.74. The Kier molecular flexibility index (Phi) is 4.98. The van der Waals surface area contributed by atoms with Crippen LogP contribution < -0.4 is 5.32 Å². The summed E-state index contributed by atoms with van der Waals surface area (Å²) in [7, 11) is 0. The van der Waals surface area contributed by atoms with E-state index in [9.17, 15) is 0 Å². The molecule has 0 radical (unpaired) electrons. The smallest absolute Gasteiger partial charge is 0.140 e. The molecule has 1 aliphatic carbocycles. The molecule has 4 heteroatoms. The van der Waals surface area contributed by atoms with Crippen molar-refractivity contribution in [2.24, 2.45) is 5.92 Å². The zero-order chi connectivity index (χ0) is 11.9. The Morgan fingerprint density at radius 2 is 2.24 bits per heavy atom. The van der Waals surface area contributed by atoms with Gasteiger partial charge in [-0.25, -0.2) is 9.67 Å². The average Bonchev–Trinajstić information content (AvgIpc) is 2.98. The highest BCUT2D eigenvalue weighted by molar-refractivity contribution is 4.83. The first-order valence-electron chi connectivity index (χ1n) is 6.97. The highest BCUT2D eigenvalue weighted by atomic mass is 15.3. The van der Waals surface area contributed by atoms with Crippen molar-refractivity contribution in [2.75, 3.05) is 6.54 Å². The lowest BCUT2D eigenvalue weighted by Gasteiger charge is -2.09. The predicted molar refractivity (Wildman–Crippen MR) is 68.6 cm³/mol. The molecule has 2 rings (SSSR count). The normalized spacial score (nSPS) is 16.8. The van der Waals surface area contributed by atoms with E-state index in [0.29, 0.717) is 0 Å². The molecular weight excluding hydrogens is 212 g/mol. The molecule has 0 atom stereocenters. The first kappa shape index (κ1) is 12.6. The monoisotopic (exact) mass is 236 g/mol. The summed E-state index contributed by atoms with van der Waals surface area (Å²) >= 11 is 0. The third-order valence-electron chi connectivity index (χ3n) is 3.72. The van der Waals surface area contributed by atoms with Crippen LogP contribution >= 0.6 is 0 Å². The van der Waals surface area contributed by atoms with Crippen LogP contribution in [-0.2, 0) is 13.1 Å². The summed E-state index contributed by atoms with van der Waals surface area (Å²) in [6.07, 6.45) is 10.2. The van der Waals surface area contributed by atoms with Gasteiger partial charge in [-0.2, -0.15) is 5.10 Å². The van der Waals surface area contributed by atoms with Crippen molar-refractivity contribution in [3.63, 3.8) is 0 Å². The Balaban J connectivity index is 1.56. The second-order valence-electron chi connectivity index (χ2n) is 4.96. The van der Waals surface area contributed by atoms with E-state index < -0.39 is 0 Å². The van der Waals surface area contributed by atoms with Crippen molar-refractivity contribution in [1.82, 2.24) is 20.1 Å². The van der Waals surface area contributed by atoms with E-state index in [1.807, 2.05) is 4.68 Å². The number of aryl methyl sites for hydroxylation is 1. The molecule has 0 bridgehead atoms. The highest BCUT2D eigenvalue weighted by Gasteiger charge is 2.13. The second-order valence-corrected chi connectivity index (χ2v) is 4.96. The van der Waals surface area contributed by atoms with E-state index in [2.05, 4.69) is 22.3 Å². The van der Waals surface area contributed by atoms with Gasteiger partial charge < -0.3 is 5.32 Å². The van der Waals surface area contributed by atoms with E-state index in [1.165, 1.54) is 38.5 Å². The van der Waals surface area contributed by atoms with Crippen molar-refractivity contribution in [3.05, 3.63) is 12.2 Å². The van der Waals surface area contributed by atoms with Crippen molar-refractivity contribution in [3.8, 4) is 0 Å². The Bertz CT molecular complexity index is 315. The average molecular weight is 236 g/mol. The summed E-state index contributed by atoms with van der Waals surface area (Å²) in [5, 5.41) is 7.63. The molecule has 0 saturated heterocycles. The van der Waals surface area contributed by atoms with Crippen LogP contribution in [0.25, 0.3) is 0 Å². The maximum Gasteiger partial charge on any atom is 0.140 e. The summed E-state index contributed by atoms with van der Waals surface area (Å²) in [6.45, 7) is 4.95. The molecule has 0 amide bonds. The molecule has 0 aliphatic heterocycles. The van der Waals surface area contributed by atoms with Gasteiger partial charge in [0.2, 0.25) is 0 Å². The van der Waals surface area contributed by atoms with Crippen LogP contribution in [0.5, 0.6) is 0 Å². The van der Waals surface area contributed by atoms with Gasteiger partial charge in [0.15, 0.2) is 0 Å². The Labute approximate surface area is 104 Å². The standard InChI is InChI=1S/C13H24N4/c1-2-17-13(15-11-16-17)10-14-9-5-8-12-6-3-4-7-12/h11-12,14H,2-10H2,1H3. The topological polar surface area (TPSA) is 42.7 Å². The number of hydrogen-bond donors (Lipinski definition) is 1. The molecule has 1 N–H and O–H groups in total. The summed E-state index contributed by atoms with van der Waals surface area (Å²) < 4.78 is 1.95. The largest absolute Gasteiger partial charge is 0.310 e. The van der Waals surface area contributed by atoms with Gasteiger partial charge >= 0.3 is 0 Å².